The maximum Gasteiger partial charge on any atom is 0.409 e. The largest absolute Gasteiger partial charge is 0.465 e. The topological polar surface area (TPSA) is 151 Å². The summed E-state index contributed by atoms with van der Waals surface area (Å²) in [7, 11) is -2.37. The molecule has 3 aliphatic rings. The molecule has 1 aromatic heterocycles. The number of amides is 3. The zero-order chi connectivity index (χ0) is 30.8. The summed E-state index contributed by atoms with van der Waals surface area (Å²) < 4.78 is 32.8. The molecule has 1 aliphatic carbocycles. The number of carbonyl (C=O) groups is 3. The number of ether oxygens (including phenoxy) is 1. The second kappa shape index (κ2) is 10.2. The van der Waals surface area contributed by atoms with Gasteiger partial charge in [0, 0.05) is 37.3 Å². The fourth-order valence-electron chi connectivity index (χ4n) is 6.19. The first-order valence-corrected chi connectivity index (χ1v) is 15.7. The number of aryl methyl sites for hydroxylation is 1. The number of nitrogens with one attached hydrogen (secondary N) is 1. The standard InChI is InChI=1S/C28H36ClN5O7S/c1-26(2,20-15-41-27(3,4)34(20)25(37)38)42(39,40)28(11-12-28)16-33-13-10-19-21(31-32(5)22(19)24(33)36)23(35)30-14-17-6-8-18(29)9-7-17/h6-9,20H,10-16H2,1-5H3,(H,30,35)(H,37,38). The van der Waals surface area contributed by atoms with E-state index in [1.54, 1.807) is 59.0 Å². The predicted octanol–water partition coefficient (Wildman–Crippen LogP) is 2.84. The van der Waals surface area contributed by atoms with Crippen molar-refractivity contribution in [1.82, 2.24) is 24.9 Å². The fraction of sp³-hybridized carbons (Fsp3) is 0.571. The minimum atomic E-state index is -3.96. The van der Waals surface area contributed by atoms with Gasteiger partial charge in [0.15, 0.2) is 15.5 Å². The molecule has 2 fully saturated rings. The Morgan fingerprint density at radius 1 is 1.21 bits per heavy atom. The van der Waals surface area contributed by atoms with Gasteiger partial charge in [0.25, 0.3) is 11.8 Å². The average Bonchev–Trinajstić information content (AvgIpc) is 3.52. The van der Waals surface area contributed by atoms with E-state index in [1.165, 1.54) is 9.58 Å². The van der Waals surface area contributed by atoms with Gasteiger partial charge in [-0.15, -0.1) is 0 Å². The number of aromatic nitrogens is 2. The summed E-state index contributed by atoms with van der Waals surface area (Å²) >= 11 is 5.93. The molecule has 2 aliphatic heterocycles. The van der Waals surface area contributed by atoms with Crippen LogP contribution in [-0.2, 0) is 34.6 Å². The highest BCUT2D eigenvalue weighted by molar-refractivity contribution is 7.94. The summed E-state index contributed by atoms with van der Waals surface area (Å²) in [5, 5.41) is 17.6. The number of carboxylic acid groups (broad SMARTS) is 1. The van der Waals surface area contributed by atoms with E-state index in [4.69, 9.17) is 16.3 Å². The quantitative estimate of drug-likeness (QED) is 0.457. The molecule has 5 rings (SSSR count). The molecule has 3 heterocycles. The Balaban J connectivity index is 1.33. The summed E-state index contributed by atoms with van der Waals surface area (Å²) in [6, 6.07) is 6.16. The van der Waals surface area contributed by atoms with E-state index >= 15 is 0 Å². The minimum absolute atomic E-state index is 0.0235. The molecule has 2 aromatic rings. The van der Waals surface area contributed by atoms with Gasteiger partial charge >= 0.3 is 6.09 Å². The van der Waals surface area contributed by atoms with Crippen LogP contribution >= 0.6 is 11.6 Å². The Bertz CT molecular complexity index is 1550. The van der Waals surface area contributed by atoms with Crippen molar-refractivity contribution in [1.29, 1.82) is 0 Å². The monoisotopic (exact) mass is 621 g/mol. The van der Waals surface area contributed by atoms with Crippen LogP contribution in [0, 0.1) is 0 Å². The van der Waals surface area contributed by atoms with Crippen molar-refractivity contribution < 1.29 is 32.6 Å². The maximum absolute atomic E-state index is 14.2. The maximum atomic E-state index is 14.2. The Morgan fingerprint density at radius 3 is 2.45 bits per heavy atom. The van der Waals surface area contributed by atoms with Gasteiger partial charge in [0.05, 0.1) is 22.1 Å². The molecule has 14 heteroatoms. The second-order valence-electron chi connectivity index (χ2n) is 12.3. The Kier molecular flexibility index (Phi) is 7.38. The Labute approximate surface area is 249 Å². The van der Waals surface area contributed by atoms with Crippen LogP contribution in [0.4, 0.5) is 4.79 Å². The number of fused-ring (bicyclic) bond motifs is 1. The number of nitrogens with zero attached hydrogens (tertiary/aromatic N) is 4. The molecule has 1 aromatic carbocycles. The van der Waals surface area contributed by atoms with Gasteiger partial charge in [0.2, 0.25) is 0 Å². The molecular weight excluding hydrogens is 586 g/mol. The van der Waals surface area contributed by atoms with E-state index in [2.05, 4.69) is 10.4 Å². The van der Waals surface area contributed by atoms with Crippen molar-refractivity contribution in [2.24, 2.45) is 7.05 Å². The lowest BCUT2D eigenvalue weighted by atomic mass is 10.0. The van der Waals surface area contributed by atoms with Gasteiger partial charge in [0.1, 0.15) is 11.4 Å². The van der Waals surface area contributed by atoms with Crippen molar-refractivity contribution in [2.75, 3.05) is 19.7 Å². The zero-order valence-electron chi connectivity index (χ0n) is 24.3. The van der Waals surface area contributed by atoms with Crippen LogP contribution in [0.3, 0.4) is 0 Å². The summed E-state index contributed by atoms with van der Waals surface area (Å²) in [6.07, 6.45) is -0.180. The average molecular weight is 622 g/mol. The van der Waals surface area contributed by atoms with E-state index in [9.17, 15) is 27.9 Å². The van der Waals surface area contributed by atoms with E-state index in [0.29, 0.717) is 29.8 Å². The van der Waals surface area contributed by atoms with E-state index < -0.39 is 43.1 Å². The highest BCUT2D eigenvalue weighted by Crippen LogP contribution is 2.51. The van der Waals surface area contributed by atoms with Crippen LogP contribution < -0.4 is 5.32 Å². The Morgan fingerprint density at radius 2 is 1.86 bits per heavy atom. The molecule has 1 saturated carbocycles. The van der Waals surface area contributed by atoms with E-state index in [0.717, 1.165) is 10.5 Å². The molecule has 2 N–H and O–H groups in total. The van der Waals surface area contributed by atoms with Crippen molar-refractivity contribution >= 4 is 39.3 Å². The van der Waals surface area contributed by atoms with Gasteiger partial charge in [-0.3, -0.25) is 19.2 Å². The zero-order valence-corrected chi connectivity index (χ0v) is 25.9. The first-order chi connectivity index (χ1) is 19.5. The number of benzene rings is 1. The van der Waals surface area contributed by atoms with Crippen molar-refractivity contribution in [2.45, 2.75) is 74.8 Å². The molecule has 0 radical (unpaired) electrons. The van der Waals surface area contributed by atoms with Gasteiger partial charge in [-0.05, 0) is 64.7 Å². The SMILES string of the molecule is Cn1nc(C(=O)NCc2ccc(Cl)cc2)c2c1C(=O)N(CC1(S(=O)(=O)C(C)(C)C3COC(C)(C)N3C(=O)O)CC1)CC2. The highest BCUT2D eigenvalue weighted by atomic mass is 35.5. The van der Waals surface area contributed by atoms with Crippen LogP contribution in [0.1, 0.15) is 72.6 Å². The molecule has 1 unspecified atom stereocenters. The number of carbonyl (C=O) groups excluding carboxylic acids is 2. The lowest BCUT2D eigenvalue weighted by molar-refractivity contribution is -0.0427. The number of hydrogen-bond acceptors (Lipinski definition) is 7. The summed E-state index contributed by atoms with van der Waals surface area (Å²) in [4.78, 5) is 41.4. The lowest BCUT2D eigenvalue weighted by Crippen LogP contribution is -2.61. The first kappa shape index (κ1) is 30.3. The van der Waals surface area contributed by atoms with Crippen LogP contribution in [0.15, 0.2) is 24.3 Å². The molecule has 228 valence electrons. The van der Waals surface area contributed by atoms with Gasteiger partial charge < -0.3 is 20.1 Å². The third kappa shape index (κ3) is 4.84. The number of rotatable bonds is 8. The minimum Gasteiger partial charge on any atom is -0.465 e. The van der Waals surface area contributed by atoms with Crippen LogP contribution in [-0.4, -0.2) is 92.0 Å². The molecule has 3 amide bonds. The molecule has 0 spiro atoms. The molecule has 12 nitrogen and oxygen atoms in total. The van der Waals surface area contributed by atoms with Gasteiger partial charge in [-0.25, -0.2) is 13.2 Å². The first-order valence-electron chi connectivity index (χ1n) is 13.8. The summed E-state index contributed by atoms with van der Waals surface area (Å²) in [6.45, 7) is 6.70. The fourth-order valence-corrected chi connectivity index (χ4v) is 8.92. The lowest BCUT2D eigenvalue weighted by Gasteiger charge is -2.41. The van der Waals surface area contributed by atoms with Crippen molar-refractivity contribution in [3.8, 4) is 0 Å². The summed E-state index contributed by atoms with van der Waals surface area (Å²) in [5.74, 6) is -0.796. The second-order valence-corrected chi connectivity index (χ2v) is 15.7. The van der Waals surface area contributed by atoms with Gasteiger partial charge in [-0.2, -0.15) is 5.10 Å². The van der Waals surface area contributed by atoms with Crippen molar-refractivity contribution in [3.05, 3.63) is 51.8 Å². The smallest absolute Gasteiger partial charge is 0.409 e. The third-order valence-electron chi connectivity index (χ3n) is 8.89. The molecule has 42 heavy (non-hydrogen) atoms. The van der Waals surface area contributed by atoms with Crippen LogP contribution in [0.2, 0.25) is 5.02 Å². The highest BCUT2D eigenvalue weighted by Gasteiger charge is 2.65. The molecular formula is C28H36ClN5O7S. The number of halogens is 1. The van der Waals surface area contributed by atoms with Crippen LogP contribution in [0.5, 0.6) is 0 Å². The number of sulfone groups is 1. The van der Waals surface area contributed by atoms with E-state index in [-0.39, 0.29) is 43.5 Å². The molecule has 1 saturated heterocycles. The van der Waals surface area contributed by atoms with Crippen molar-refractivity contribution in [3.63, 3.8) is 0 Å². The summed E-state index contributed by atoms with van der Waals surface area (Å²) in [5.41, 5.74) is 0.647. The normalized spacial score (nSPS) is 21.3. The third-order valence-corrected chi connectivity index (χ3v) is 12.5. The molecule has 0 bridgehead atoms. The van der Waals surface area contributed by atoms with Gasteiger partial charge in [-0.1, -0.05) is 23.7 Å². The number of hydrogen-bond donors (Lipinski definition) is 2. The van der Waals surface area contributed by atoms with Crippen LogP contribution in [0.25, 0.3) is 0 Å². The Hall–Kier alpha value is -3.16. The molecule has 1 atom stereocenters. The predicted molar refractivity (Wildman–Crippen MR) is 154 cm³/mol. The van der Waals surface area contributed by atoms with E-state index in [1.807, 2.05) is 0 Å².